The molecule has 2 aromatic rings. The molecule has 0 aromatic heterocycles. The van der Waals surface area contributed by atoms with Crippen molar-refractivity contribution in [1.29, 1.82) is 0 Å². The van der Waals surface area contributed by atoms with E-state index in [-0.39, 0.29) is 0 Å². The molecule has 3 nitrogen and oxygen atoms in total. The van der Waals surface area contributed by atoms with Crippen LogP contribution in [0.4, 0.5) is 11.4 Å². The quantitative estimate of drug-likeness (QED) is 0.638. The summed E-state index contributed by atoms with van der Waals surface area (Å²) >= 11 is 0. The maximum absolute atomic E-state index is 5.71. The van der Waals surface area contributed by atoms with Crippen LogP contribution in [0.15, 0.2) is 48.5 Å². The summed E-state index contributed by atoms with van der Waals surface area (Å²) in [5.74, 6) is 1.76. The highest BCUT2D eigenvalue weighted by Crippen LogP contribution is 2.40. The van der Waals surface area contributed by atoms with Crippen molar-refractivity contribution in [3.63, 3.8) is 0 Å². The topological polar surface area (TPSA) is 33.3 Å². The Kier molecular flexibility index (Phi) is 3.65. The first-order valence-corrected chi connectivity index (χ1v) is 6.77. The van der Waals surface area contributed by atoms with Crippen LogP contribution < -0.4 is 15.4 Å². The van der Waals surface area contributed by atoms with Gasteiger partial charge >= 0.3 is 0 Å². The van der Waals surface area contributed by atoms with Crippen molar-refractivity contribution in [1.82, 2.24) is 5.32 Å². The van der Waals surface area contributed by atoms with Gasteiger partial charge in [-0.25, -0.2) is 0 Å². The highest BCUT2D eigenvalue weighted by Gasteiger charge is 2.13. The Hall–Kier alpha value is -2.00. The fraction of sp³-hybridized carbons (Fsp3) is 0.250. The second kappa shape index (κ2) is 5.76. The largest absolute Gasteiger partial charge is 0.453 e. The van der Waals surface area contributed by atoms with E-state index in [9.17, 15) is 0 Å². The predicted molar refractivity (Wildman–Crippen MR) is 78.3 cm³/mol. The smallest absolute Gasteiger partial charge is 0.150 e. The van der Waals surface area contributed by atoms with E-state index >= 15 is 0 Å². The Labute approximate surface area is 113 Å². The lowest BCUT2D eigenvalue weighted by atomic mass is 10.2. The molecule has 4 rings (SSSR count). The Morgan fingerprint density at radius 1 is 0.737 bits per heavy atom. The van der Waals surface area contributed by atoms with E-state index < -0.39 is 0 Å². The minimum atomic E-state index is 0.881. The van der Waals surface area contributed by atoms with Gasteiger partial charge in [-0.15, -0.1) is 0 Å². The second-order valence-corrected chi connectivity index (χ2v) is 4.68. The van der Waals surface area contributed by atoms with Crippen molar-refractivity contribution in [2.24, 2.45) is 0 Å². The summed E-state index contributed by atoms with van der Waals surface area (Å²) in [6.07, 6.45) is 2.78. The molecule has 2 aliphatic rings. The number of para-hydroxylation sites is 4. The molecule has 0 saturated carbocycles. The highest BCUT2D eigenvalue weighted by atomic mass is 16.5. The molecule has 0 unspecified atom stereocenters. The minimum absolute atomic E-state index is 0.881. The average Bonchev–Trinajstić information content (AvgIpc) is 3.04. The lowest BCUT2D eigenvalue weighted by Gasteiger charge is -2.20. The number of ether oxygens (including phenoxy) is 1. The normalized spacial score (nSPS) is 15.2. The summed E-state index contributed by atoms with van der Waals surface area (Å²) in [6, 6.07) is 15.8. The van der Waals surface area contributed by atoms with Crippen molar-refractivity contribution in [3.05, 3.63) is 48.5 Å². The maximum Gasteiger partial charge on any atom is 0.150 e. The van der Waals surface area contributed by atoms with Gasteiger partial charge in [-0.3, -0.25) is 0 Å². The van der Waals surface area contributed by atoms with Crippen LogP contribution in [0.25, 0.3) is 0 Å². The van der Waals surface area contributed by atoms with Gasteiger partial charge in [0.25, 0.3) is 0 Å². The zero-order valence-electron chi connectivity index (χ0n) is 10.9. The lowest BCUT2D eigenvalue weighted by molar-refractivity contribution is 0.481. The molecule has 2 heterocycles. The van der Waals surface area contributed by atoms with Gasteiger partial charge in [0, 0.05) is 0 Å². The maximum atomic E-state index is 5.71. The summed E-state index contributed by atoms with van der Waals surface area (Å²) < 4.78 is 5.71. The summed E-state index contributed by atoms with van der Waals surface area (Å²) in [6.45, 7) is 2.50. The summed E-state index contributed by atoms with van der Waals surface area (Å²) in [4.78, 5) is 0. The first-order valence-electron chi connectivity index (χ1n) is 6.77. The molecule has 0 bridgehead atoms. The van der Waals surface area contributed by atoms with Crippen LogP contribution in [0.1, 0.15) is 12.8 Å². The molecule has 0 radical (unpaired) electrons. The molecule has 19 heavy (non-hydrogen) atoms. The Balaban J connectivity index is 0.000000187. The van der Waals surface area contributed by atoms with Crippen molar-refractivity contribution >= 4 is 11.4 Å². The van der Waals surface area contributed by atoms with Crippen LogP contribution >= 0.6 is 0 Å². The van der Waals surface area contributed by atoms with Gasteiger partial charge in [0.15, 0.2) is 11.5 Å². The van der Waals surface area contributed by atoms with E-state index in [0.717, 1.165) is 22.9 Å². The number of nitrogens with one attached hydrogen (secondary N) is 2. The second-order valence-electron chi connectivity index (χ2n) is 4.68. The molecule has 1 fully saturated rings. The van der Waals surface area contributed by atoms with Gasteiger partial charge < -0.3 is 15.4 Å². The number of hydrogen-bond donors (Lipinski definition) is 2. The molecule has 0 spiro atoms. The lowest BCUT2D eigenvalue weighted by Crippen LogP contribution is -2.03. The Bertz CT molecular complexity index is 455. The van der Waals surface area contributed by atoms with Crippen molar-refractivity contribution in [2.45, 2.75) is 12.8 Å². The molecular formula is C16H18N2O. The van der Waals surface area contributed by atoms with Gasteiger partial charge in [0.2, 0.25) is 0 Å². The number of anilines is 2. The molecular weight excluding hydrogens is 236 g/mol. The number of fused-ring (bicyclic) bond motifs is 2. The molecule has 2 aromatic carbocycles. The van der Waals surface area contributed by atoms with Crippen LogP contribution in [0, 0.1) is 0 Å². The fourth-order valence-electron chi connectivity index (χ4n) is 2.21. The van der Waals surface area contributed by atoms with Gasteiger partial charge in [-0.1, -0.05) is 24.3 Å². The summed E-state index contributed by atoms with van der Waals surface area (Å²) in [5, 5.41) is 6.54. The standard InChI is InChI=1S/C12H9NO.C4H9N/c1-3-7-11-9(5-1)13-10-6-2-4-8-12(10)14-11;1-2-4-5-3-1/h1-8,13H;5H,1-4H2. The van der Waals surface area contributed by atoms with E-state index in [0.29, 0.717) is 0 Å². The van der Waals surface area contributed by atoms with Crippen molar-refractivity contribution in [2.75, 3.05) is 18.4 Å². The van der Waals surface area contributed by atoms with Crippen LogP contribution in [0.2, 0.25) is 0 Å². The summed E-state index contributed by atoms with van der Waals surface area (Å²) in [7, 11) is 0. The molecule has 0 amide bonds. The van der Waals surface area contributed by atoms with Gasteiger partial charge in [-0.2, -0.15) is 0 Å². The van der Waals surface area contributed by atoms with E-state index in [4.69, 9.17) is 4.74 Å². The third-order valence-electron chi connectivity index (χ3n) is 3.22. The van der Waals surface area contributed by atoms with Gasteiger partial charge in [0.05, 0.1) is 11.4 Å². The van der Waals surface area contributed by atoms with Crippen LogP contribution in [-0.2, 0) is 0 Å². The SMILES string of the molecule is C1CCNC1.c1ccc2c(c1)Nc1ccccc1O2. The number of rotatable bonds is 0. The molecule has 2 N–H and O–H groups in total. The summed E-state index contributed by atoms with van der Waals surface area (Å²) in [5.41, 5.74) is 2.04. The molecule has 0 aliphatic carbocycles. The molecule has 0 atom stereocenters. The Morgan fingerprint density at radius 2 is 1.26 bits per heavy atom. The first-order chi connectivity index (χ1) is 9.43. The van der Waals surface area contributed by atoms with Crippen LogP contribution in [0.3, 0.4) is 0 Å². The predicted octanol–water partition coefficient (Wildman–Crippen LogP) is 3.91. The minimum Gasteiger partial charge on any atom is -0.453 e. The third-order valence-corrected chi connectivity index (χ3v) is 3.22. The van der Waals surface area contributed by atoms with Gasteiger partial charge in [0.1, 0.15) is 0 Å². The average molecular weight is 254 g/mol. The zero-order chi connectivity index (χ0) is 12.9. The van der Waals surface area contributed by atoms with Crippen LogP contribution in [0.5, 0.6) is 11.5 Å². The molecule has 1 saturated heterocycles. The fourth-order valence-corrected chi connectivity index (χ4v) is 2.21. The molecule has 2 aliphatic heterocycles. The van der Waals surface area contributed by atoms with Crippen molar-refractivity contribution < 1.29 is 4.74 Å². The van der Waals surface area contributed by atoms with E-state index in [2.05, 4.69) is 10.6 Å². The number of hydrogen-bond acceptors (Lipinski definition) is 3. The molecule has 3 heteroatoms. The van der Waals surface area contributed by atoms with E-state index in [1.165, 1.54) is 25.9 Å². The third kappa shape index (κ3) is 2.88. The van der Waals surface area contributed by atoms with E-state index in [1.54, 1.807) is 0 Å². The van der Waals surface area contributed by atoms with E-state index in [1.807, 2.05) is 48.5 Å². The monoisotopic (exact) mass is 254 g/mol. The van der Waals surface area contributed by atoms with Gasteiger partial charge in [-0.05, 0) is 50.2 Å². The molecule has 98 valence electrons. The highest BCUT2D eigenvalue weighted by molar-refractivity contribution is 5.75. The first kappa shape index (κ1) is 12.1. The van der Waals surface area contributed by atoms with Crippen LogP contribution in [-0.4, -0.2) is 13.1 Å². The number of benzene rings is 2. The Morgan fingerprint density at radius 3 is 1.74 bits per heavy atom. The zero-order valence-corrected chi connectivity index (χ0v) is 10.9. The van der Waals surface area contributed by atoms with Crippen molar-refractivity contribution in [3.8, 4) is 11.5 Å².